The number of hydrogen-bond donors (Lipinski definition) is 3. The van der Waals surface area contributed by atoms with Crippen molar-refractivity contribution in [2.75, 3.05) is 6.54 Å². The average Bonchev–Trinajstić information content (AvgIpc) is 3.25. The van der Waals surface area contributed by atoms with Gasteiger partial charge < -0.3 is 20.0 Å². The van der Waals surface area contributed by atoms with Crippen molar-refractivity contribution in [1.82, 2.24) is 24.8 Å². The smallest absolute Gasteiger partial charge is 0.300 e. The molecule has 1 saturated heterocycles. The van der Waals surface area contributed by atoms with Crippen molar-refractivity contribution in [2.24, 2.45) is 0 Å². The molecule has 27 heavy (non-hydrogen) atoms. The zero-order valence-electron chi connectivity index (χ0n) is 16.3. The van der Waals surface area contributed by atoms with Crippen LogP contribution in [0.4, 0.5) is 0 Å². The molecule has 0 aromatic carbocycles. The highest BCUT2D eigenvalue weighted by atomic mass is 35.5. The van der Waals surface area contributed by atoms with Gasteiger partial charge in [0.05, 0.1) is 0 Å². The van der Waals surface area contributed by atoms with Crippen molar-refractivity contribution in [1.29, 1.82) is 0 Å². The third-order valence-electron chi connectivity index (χ3n) is 4.71. The molecule has 0 radical (unpaired) electrons. The number of imidazole rings is 2. The van der Waals surface area contributed by atoms with Gasteiger partial charge in [0.15, 0.2) is 5.82 Å². The van der Waals surface area contributed by atoms with Gasteiger partial charge in [-0.3, -0.25) is 4.79 Å². The topological polar surface area (TPSA) is 95.8 Å². The van der Waals surface area contributed by atoms with E-state index in [-0.39, 0.29) is 0 Å². The van der Waals surface area contributed by atoms with Crippen LogP contribution in [0.2, 0.25) is 5.15 Å². The first kappa shape index (κ1) is 21.4. The molecule has 7 nitrogen and oxygen atoms in total. The second-order valence-corrected chi connectivity index (χ2v) is 7.24. The molecule has 150 valence electrons. The molecule has 1 aliphatic rings. The molecule has 8 heteroatoms. The minimum atomic E-state index is -0.833. The number of rotatable bonds is 6. The molecular formula is C19H30ClN5O2. The van der Waals surface area contributed by atoms with Gasteiger partial charge in [-0.15, -0.1) is 0 Å². The minimum absolute atomic E-state index is 0.463. The van der Waals surface area contributed by atoms with Crippen molar-refractivity contribution in [3.05, 3.63) is 23.4 Å². The number of carboxylic acids is 1. The number of hydrogen-bond acceptors (Lipinski definition) is 4. The molecule has 2 aromatic heterocycles. The maximum atomic E-state index is 9.00. The van der Waals surface area contributed by atoms with Crippen molar-refractivity contribution in [3.8, 4) is 11.5 Å². The van der Waals surface area contributed by atoms with E-state index in [1.54, 1.807) is 0 Å². The van der Waals surface area contributed by atoms with Gasteiger partial charge in [0, 0.05) is 37.8 Å². The lowest BCUT2D eigenvalue weighted by Crippen LogP contribution is -2.38. The number of nitrogens with zero attached hydrogens (tertiary/aromatic N) is 3. The Labute approximate surface area is 165 Å². The lowest BCUT2D eigenvalue weighted by Gasteiger charge is -2.31. The number of piperidine rings is 1. The summed E-state index contributed by atoms with van der Waals surface area (Å²) in [6, 6.07) is 1.05. The molecule has 0 unspecified atom stereocenters. The summed E-state index contributed by atoms with van der Waals surface area (Å²) >= 11 is 6.40. The van der Waals surface area contributed by atoms with E-state index in [1.165, 1.54) is 0 Å². The lowest BCUT2D eigenvalue weighted by atomic mass is 9.97. The number of aryl methyl sites for hydroxylation is 1. The van der Waals surface area contributed by atoms with E-state index in [1.807, 2.05) is 6.20 Å². The van der Waals surface area contributed by atoms with Crippen LogP contribution in [0.15, 0.2) is 12.4 Å². The van der Waals surface area contributed by atoms with E-state index in [2.05, 4.69) is 39.9 Å². The van der Waals surface area contributed by atoms with Gasteiger partial charge in [0.2, 0.25) is 0 Å². The maximum Gasteiger partial charge on any atom is 0.300 e. The predicted octanol–water partition coefficient (Wildman–Crippen LogP) is 4.06. The molecule has 1 fully saturated rings. The van der Waals surface area contributed by atoms with Crippen LogP contribution in [0.25, 0.3) is 11.5 Å². The van der Waals surface area contributed by atoms with Crippen LogP contribution < -0.4 is 5.32 Å². The number of carboxylic acid groups (broad SMARTS) is 1. The van der Waals surface area contributed by atoms with Gasteiger partial charge in [0.1, 0.15) is 16.7 Å². The Morgan fingerprint density at radius 1 is 1.44 bits per heavy atom. The highest BCUT2D eigenvalue weighted by molar-refractivity contribution is 6.31. The summed E-state index contributed by atoms with van der Waals surface area (Å²) in [7, 11) is 0. The molecule has 0 saturated carbocycles. The first-order valence-corrected chi connectivity index (χ1v) is 10.0. The van der Waals surface area contributed by atoms with E-state index in [0.717, 1.165) is 69.3 Å². The summed E-state index contributed by atoms with van der Waals surface area (Å²) in [6.45, 7) is 6.55. The number of halogens is 1. The summed E-state index contributed by atoms with van der Waals surface area (Å²) < 4.78 is 2.26. The number of carbonyl (C=O) groups is 1. The van der Waals surface area contributed by atoms with E-state index in [0.29, 0.717) is 17.2 Å². The lowest BCUT2D eigenvalue weighted by molar-refractivity contribution is -0.134. The number of aliphatic carboxylic acids is 1. The van der Waals surface area contributed by atoms with Crippen molar-refractivity contribution >= 4 is 17.6 Å². The van der Waals surface area contributed by atoms with Crippen LogP contribution in [0.1, 0.15) is 64.7 Å². The molecule has 3 heterocycles. The molecule has 2 atom stereocenters. The molecule has 0 bridgehead atoms. The molecule has 0 spiro atoms. The number of H-pyrrole nitrogens is 1. The Bertz CT molecular complexity index is 724. The Kier molecular flexibility index (Phi) is 8.31. The monoisotopic (exact) mass is 395 g/mol. The second-order valence-electron chi connectivity index (χ2n) is 6.86. The Hall–Kier alpha value is -1.86. The van der Waals surface area contributed by atoms with Crippen LogP contribution in [0, 0.1) is 0 Å². The van der Waals surface area contributed by atoms with E-state index < -0.39 is 5.97 Å². The number of aromatic nitrogens is 4. The molecule has 1 aliphatic heterocycles. The quantitative estimate of drug-likeness (QED) is 0.685. The predicted molar refractivity (Wildman–Crippen MR) is 107 cm³/mol. The summed E-state index contributed by atoms with van der Waals surface area (Å²) in [5, 5.41) is 11.6. The molecule has 3 N–H and O–H groups in total. The van der Waals surface area contributed by atoms with Crippen molar-refractivity contribution in [2.45, 2.75) is 71.4 Å². The van der Waals surface area contributed by atoms with Gasteiger partial charge >= 0.3 is 0 Å². The van der Waals surface area contributed by atoms with Gasteiger partial charge in [-0.2, -0.15) is 0 Å². The van der Waals surface area contributed by atoms with Crippen LogP contribution in [-0.2, 0) is 11.2 Å². The number of unbranched alkanes of at least 4 members (excludes halogenated alkanes) is 1. The fourth-order valence-electron chi connectivity index (χ4n) is 3.35. The van der Waals surface area contributed by atoms with E-state index >= 15 is 0 Å². The zero-order valence-corrected chi connectivity index (χ0v) is 17.1. The van der Waals surface area contributed by atoms with Gasteiger partial charge in [-0.25, -0.2) is 9.97 Å². The zero-order chi connectivity index (χ0) is 19.8. The highest BCUT2D eigenvalue weighted by Crippen LogP contribution is 2.31. The maximum absolute atomic E-state index is 9.00. The first-order chi connectivity index (χ1) is 13.0. The van der Waals surface area contributed by atoms with Crippen LogP contribution in [0.5, 0.6) is 0 Å². The average molecular weight is 396 g/mol. The molecule has 2 aromatic rings. The van der Waals surface area contributed by atoms with Gasteiger partial charge in [-0.05, 0) is 32.2 Å². The summed E-state index contributed by atoms with van der Waals surface area (Å²) in [5.74, 6) is 1.01. The van der Waals surface area contributed by atoms with Crippen molar-refractivity contribution in [3.63, 3.8) is 0 Å². The SMILES string of the molecule is CC(=O)O.CCCCc1nc(-c2nccn2[C@@H]2CCN[C@@H](CC)C2)c(Cl)[nH]1. The van der Waals surface area contributed by atoms with Crippen molar-refractivity contribution < 1.29 is 9.90 Å². The second kappa shape index (κ2) is 10.5. The minimum Gasteiger partial charge on any atom is -0.481 e. The largest absolute Gasteiger partial charge is 0.481 e. The number of aromatic amines is 1. The van der Waals surface area contributed by atoms with Gasteiger partial charge in [0.25, 0.3) is 5.97 Å². The molecule has 3 rings (SSSR count). The summed E-state index contributed by atoms with van der Waals surface area (Å²) in [6.07, 6.45) is 10.5. The van der Waals surface area contributed by atoms with Gasteiger partial charge in [-0.1, -0.05) is 31.9 Å². The third-order valence-corrected chi connectivity index (χ3v) is 4.98. The van der Waals surface area contributed by atoms with Crippen LogP contribution >= 0.6 is 11.6 Å². The van der Waals surface area contributed by atoms with E-state index in [9.17, 15) is 0 Å². The molecule has 0 aliphatic carbocycles. The Balaban J connectivity index is 0.000000596. The normalized spacial score (nSPS) is 19.4. The molecule has 0 amide bonds. The molecular weight excluding hydrogens is 366 g/mol. The third kappa shape index (κ3) is 6.07. The number of nitrogens with one attached hydrogen (secondary N) is 2. The standard InChI is InChI=1S/C17H26ClN5.C2H4O2/c1-3-5-6-14-21-15(16(18)22-14)17-20-9-10-23(17)13-7-8-19-12(4-2)11-13;1-2(3)4/h9-10,12-13,19H,3-8,11H2,1-2H3,(H,21,22);1H3,(H,3,4)/t12-,13+;/m0./s1. The highest BCUT2D eigenvalue weighted by Gasteiger charge is 2.25. The fourth-order valence-corrected chi connectivity index (χ4v) is 3.58. The van der Waals surface area contributed by atoms with Crippen LogP contribution in [0.3, 0.4) is 0 Å². The summed E-state index contributed by atoms with van der Waals surface area (Å²) in [4.78, 5) is 21.4. The van der Waals surface area contributed by atoms with Crippen LogP contribution in [-0.4, -0.2) is 43.2 Å². The van der Waals surface area contributed by atoms with E-state index in [4.69, 9.17) is 26.5 Å². The fraction of sp³-hybridized carbons (Fsp3) is 0.632. The Morgan fingerprint density at radius 2 is 2.19 bits per heavy atom. The Morgan fingerprint density at radius 3 is 2.85 bits per heavy atom. The summed E-state index contributed by atoms with van der Waals surface area (Å²) in [5.41, 5.74) is 0.786. The first-order valence-electron chi connectivity index (χ1n) is 9.66.